The SMILES string of the molecule is CCOc1ccc(CNC(=O)CSCc2ccc(Cl)c(Cl)c2)cc1OCC. The normalized spacial score (nSPS) is 10.5. The lowest BCUT2D eigenvalue weighted by molar-refractivity contribution is -0.118. The number of thioether (sulfide) groups is 1. The Kier molecular flexibility index (Phi) is 9.11. The lowest BCUT2D eigenvalue weighted by Crippen LogP contribution is -2.24. The van der Waals surface area contributed by atoms with Crippen molar-refractivity contribution in [2.45, 2.75) is 26.1 Å². The maximum absolute atomic E-state index is 12.1. The standard InChI is InChI=1S/C20H23Cl2NO3S/c1-3-25-18-8-6-14(10-19(18)26-4-2)11-23-20(24)13-27-12-15-5-7-16(21)17(22)9-15/h5-10H,3-4,11-13H2,1-2H3,(H,23,24). The van der Waals surface area contributed by atoms with E-state index >= 15 is 0 Å². The molecule has 0 atom stereocenters. The molecule has 0 bridgehead atoms. The average molecular weight is 428 g/mol. The van der Waals surface area contributed by atoms with Crippen molar-refractivity contribution in [2.24, 2.45) is 0 Å². The van der Waals surface area contributed by atoms with E-state index in [0.717, 1.165) is 11.1 Å². The summed E-state index contributed by atoms with van der Waals surface area (Å²) < 4.78 is 11.2. The lowest BCUT2D eigenvalue weighted by Gasteiger charge is -2.13. The molecule has 0 aliphatic carbocycles. The Morgan fingerprint density at radius 3 is 2.37 bits per heavy atom. The number of hydrogen-bond donors (Lipinski definition) is 1. The van der Waals surface area contributed by atoms with Crippen molar-refractivity contribution < 1.29 is 14.3 Å². The Bertz CT molecular complexity index is 771. The molecule has 7 heteroatoms. The fraction of sp³-hybridized carbons (Fsp3) is 0.350. The Labute approximate surface area is 174 Å². The molecule has 0 aromatic heterocycles. The van der Waals surface area contributed by atoms with Gasteiger partial charge in [0.05, 0.1) is 29.0 Å². The fourth-order valence-electron chi connectivity index (χ4n) is 2.35. The molecule has 0 radical (unpaired) electrons. The molecule has 146 valence electrons. The summed E-state index contributed by atoms with van der Waals surface area (Å²) in [5.41, 5.74) is 2.00. The molecule has 2 aromatic carbocycles. The monoisotopic (exact) mass is 427 g/mol. The van der Waals surface area contributed by atoms with E-state index in [9.17, 15) is 4.79 Å². The summed E-state index contributed by atoms with van der Waals surface area (Å²) in [7, 11) is 0. The maximum atomic E-state index is 12.1. The van der Waals surface area contributed by atoms with Crippen molar-refractivity contribution in [3.8, 4) is 11.5 Å². The van der Waals surface area contributed by atoms with Gasteiger partial charge in [0.15, 0.2) is 11.5 Å². The molecule has 1 N–H and O–H groups in total. The molecular weight excluding hydrogens is 405 g/mol. The molecule has 1 amide bonds. The molecule has 0 aliphatic heterocycles. The fourth-order valence-corrected chi connectivity index (χ4v) is 3.47. The number of ether oxygens (including phenoxy) is 2. The van der Waals surface area contributed by atoms with Crippen LogP contribution in [0.3, 0.4) is 0 Å². The third kappa shape index (κ3) is 7.17. The maximum Gasteiger partial charge on any atom is 0.230 e. The summed E-state index contributed by atoms with van der Waals surface area (Å²) in [6, 6.07) is 11.2. The van der Waals surface area contributed by atoms with Crippen LogP contribution in [0.4, 0.5) is 0 Å². The van der Waals surface area contributed by atoms with Gasteiger partial charge in [-0.1, -0.05) is 35.3 Å². The second-order valence-corrected chi connectivity index (χ2v) is 7.47. The highest BCUT2D eigenvalue weighted by atomic mass is 35.5. The van der Waals surface area contributed by atoms with Gasteiger partial charge in [0.2, 0.25) is 5.91 Å². The van der Waals surface area contributed by atoms with E-state index in [2.05, 4.69) is 5.32 Å². The van der Waals surface area contributed by atoms with Gasteiger partial charge in [0.1, 0.15) is 0 Å². The molecule has 0 aliphatic rings. The van der Waals surface area contributed by atoms with Crippen molar-refractivity contribution in [1.82, 2.24) is 5.32 Å². The van der Waals surface area contributed by atoms with Crippen LogP contribution in [0.15, 0.2) is 36.4 Å². The third-order valence-corrected chi connectivity index (χ3v) is 5.33. The van der Waals surface area contributed by atoms with Crippen LogP contribution in [0, 0.1) is 0 Å². The Hall–Kier alpha value is -1.56. The van der Waals surface area contributed by atoms with Crippen LogP contribution in [0.25, 0.3) is 0 Å². The zero-order valence-corrected chi connectivity index (χ0v) is 17.7. The van der Waals surface area contributed by atoms with Crippen LogP contribution in [-0.2, 0) is 17.1 Å². The van der Waals surface area contributed by atoms with Gasteiger partial charge in [-0.3, -0.25) is 4.79 Å². The second kappa shape index (κ2) is 11.3. The van der Waals surface area contributed by atoms with Crippen LogP contribution < -0.4 is 14.8 Å². The molecule has 2 aromatic rings. The zero-order valence-electron chi connectivity index (χ0n) is 15.4. The number of nitrogens with one attached hydrogen (secondary N) is 1. The Morgan fingerprint density at radius 2 is 1.67 bits per heavy atom. The quantitative estimate of drug-likeness (QED) is 0.555. The number of rotatable bonds is 10. The average Bonchev–Trinajstić information content (AvgIpc) is 2.65. The molecular formula is C20H23Cl2NO3S. The van der Waals surface area contributed by atoms with Gasteiger partial charge in [-0.2, -0.15) is 0 Å². The van der Waals surface area contributed by atoms with E-state index in [1.807, 2.05) is 44.2 Å². The highest BCUT2D eigenvalue weighted by Gasteiger charge is 2.08. The van der Waals surface area contributed by atoms with Crippen molar-refractivity contribution in [1.29, 1.82) is 0 Å². The minimum Gasteiger partial charge on any atom is -0.490 e. The van der Waals surface area contributed by atoms with E-state index < -0.39 is 0 Å². The first-order valence-electron chi connectivity index (χ1n) is 8.70. The van der Waals surface area contributed by atoms with Crippen LogP contribution in [0.5, 0.6) is 11.5 Å². The predicted octanol–water partition coefficient (Wildman–Crippen LogP) is 5.34. The highest BCUT2D eigenvalue weighted by Crippen LogP contribution is 2.28. The van der Waals surface area contributed by atoms with E-state index in [1.165, 1.54) is 11.8 Å². The van der Waals surface area contributed by atoms with Crippen LogP contribution in [-0.4, -0.2) is 24.9 Å². The highest BCUT2D eigenvalue weighted by molar-refractivity contribution is 7.99. The molecule has 0 saturated carbocycles. The molecule has 0 heterocycles. The molecule has 0 unspecified atom stereocenters. The first-order chi connectivity index (χ1) is 13.0. The summed E-state index contributed by atoms with van der Waals surface area (Å²) in [6.45, 7) is 5.43. The lowest BCUT2D eigenvalue weighted by atomic mass is 10.2. The smallest absolute Gasteiger partial charge is 0.230 e. The molecule has 0 fully saturated rings. The summed E-state index contributed by atoms with van der Waals surface area (Å²) >= 11 is 13.4. The minimum atomic E-state index is -0.0214. The number of hydrogen-bond acceptors (Lipinski definition) is 4. The van der Waals surface area contributed by atoms with Crippen molar-refractivity contribution in [2.75, 3.05) is 19.0 Å². The molecule has 0 spiro atoms. The van der Waals surface area contributed by atoms with Crippen molar-refractivity contribution >= 4 is 40.9 Å². The summed E-state index contributed by atoms with van der Waals surface area (Å²) in [6.07, 6.45) is 0. The predicted molar refractivity (Wildman–Crippen MR) is 113 cm³/mol. The van der Waals surface area contributed by atoms with Gasteiger partial charge in [-0.15, -0.1) is 11.8 Å². The largest absolute Gasteiger partial charge is 0.490 e. The molecule has 0 saturated heterocycles. The molecule has 2 rings (SSSR count). The summed E-state index contributed by atoms with van der Waals surface area (Å²) in [4.78, 5) is 12.1. The van der Waals surface area contributed by atoms with Crippen molar-refractivity contribution in [3.63, 3.8) is 0 Å². The number of carbonyl (C=O) groups is 1. The van der Waals surface area contributed by atoms with Gasteiger partial charge in [-0.05, 0) is 49.2 Å². The van der Waals surface area contributed by atoms with E-state index in [-0.39, 0.29) is 5.91 Å². The number of carbonyl (C=O) groups excluding carboxylic acids is 1. The second-order valence-electron chi connectivity index (χ2n) is 5.67. The zero-order chi connectivity index (χ0) is 19.6. The Morgan fingerprint density at radius 1 is 0.963 bits per heavy atom. The number of amides is 1. The topological polar surface area (TPSA) is 47.6 Å². The van der Waals surface area contributed by atoms with Crippen LogP contribution in [0.1, 0.15) is 25.0 Å². The van der Waals surface area contributed by atoms with Gasteiger partial charge in [0.25, 0.3) is 0 Å². The van der Waals surface area contributed by atoms with E-state index in [0.29, 0.717) is 52.8 Å². The number of halogens is 2. The minimum absolute atomic E-state index is 0.0214. The number of benzene rings is 2. The van der Waals surface area contributed by atoms with Gasteiger partial charge >= 0.3 is 0 Å². The Balaban J connectivity index is 1.80. The van der Waals surface area contributed by atoms with Gasteiger partial charge in [-0.25, -0.2) is 0 Å². The van der Waals surface area contributed by atoms with Crippen LogP contribution >= 0.6 is 35.0 Å². The first kappa shape index (κ1) is 21.7. The van der Waals surface area contributed by atoms with Crippen LogP contribution in [0.2, 0.25) is 10.0 Å². The van der Waals surface area contributed by atoms with Gasteiger partial charge in [0, 0.05) is 12.3 Å². The molecule has 4 nitrogen and oxygen atoms in total. The summed E-state index contributed by atoms with van der Waals surface area (Å²) in [5.74, 6) is 2.45. The third-order valence-electron chi connectivity index (χ3n) is 3.58. The van der Waals surface area contributed by atoms with Crippen molar-refractivity contribution in [3.05, 3.63) is 57.6 Å². The van der Waals surface area contributed by atoms with E-state index in [4.69, 9.17) is 32.7 Å². The summed E-state index contributed by atoms with van der Waals surface area (Å²) in [5, 5.41) is 3.98. The molecule has 27 heavy (non-hydrogen) atoms. The van der Waals surface area contributed by atoms with Gasteiger partial charge < -0.3 is 14.8 Å². The van der Waals surface area contributed by atoms with E-state index in [1.54, 1.807) is 6.07 Å². The first-order valence-corrected chi connectivity index (χ1v) is 10.6.